The van der Waals surface area contributed by atoms with Crippen LogP contribution in [0, 0.1) is 0 Å². The fraction of sp³-hybridized carbons (Fsp3) is 0.143. The Kier molecular flexibility index (Phi) is 5.49. The Balaban J connectivity index is 1.71. The Morgan fingerprint density at radius 1 is 1.15 bits per heavy atom. The maximum atomic E-state index is 12.2. The molecule has 2 aromatic carbocycles. The predicted octanol–water partition coefficient (Wildman–Crippen LogP) is 4.29. The molecule has 1 amide bonds. The summed E-state index contributed by atoms with van der Waals surface area (Å²) >= 11 is 0. The van der Waals surface area contributed by atoms with E-state index in [9.17, 15) is 4.79 Å². The molecule has 1 heterocycles. The van der Waals surface area contributed by atoms with Gasteiger partial charge in [0.25, 0.3) is 0 Å². The molecule has 0 bridgehead atoms. The largest absolute Gasteiger partial charge is 0.493 e. The molecular formula is C21H20N2O3. The number of benzene rings is 2. The van der Waals surface area contributed by atoms with Crippen LogP contribution in [0.5, 0.6) is 11.5 Å². The number of carbonyl (C=O) groups is 1. The van der Waals surface area contributed by atoms with Crippen LogP contribution >= 0.6 is 0 Å². The zero-order chi connectivity index (χ0) is 18.4. The van der Waals surface area contributed by atoms with Crippen LogP contribution in [0.25, 0.3) is 17.0 Å². The van der Waals surface area contributed by atoms with Crippen molar-refractivity contribution < 1.29 is 14.3 Å². The number of aromatic nitrogens is 1. The summed E-state index contributed by atoms with van der Waals surface area (Å²) in [6, 6.07) is 15.0. The minimum atomic E-state index is -0.206. The van der Waals surface area contributed by atoms with Gasteiger partial charge in [0.15, 0.2) is 11.5 Å². The highest BCUT2D eigenvalue weighted by molar-refractivity contribution is 6.02. The monoisotopic (exact) mass is 348 g/mol. The first kappa shape index (κ1) is 17.5. The van der Waals surface area contributed by atoms with Gasteiger partial charge in [-0.15, -0.1) is 0 Å². The van der Waals surface area contributed by atoms with E-state index in [2.05, 4.69) is 10.3 Å². The lowest BCUT2D eigenvalue weighted by Crippen LogP contribution is -2.07. The maximum Gasteiger partial charge on any atom is 0.248 e. The second-order valence-electron chi connectivity index (χ2n) is 5.58. The van der Waals surface area contributed by atoms with E-state index in [1.807, 2.05) is 55.5 Å². The second-order valence-corrected chi connectivity index (χ2v) is 5.58. The van der Waals surface area contributed by atoms with Crippen molar-refractivity contribution >= 4 is 28.6 Å². The molecule has 5 nitrogen and oxygen atoms in total. The third-order valence-electron chi connectivity index (χ3n) is 3.79. The minimum Gasteiger partial charge on any atom is -0.493 e. The van der Waals surface area contributed by atoms with Gasteiger partial charge in [0.2, 0.25) is 5.91 Å². The van der Waals surface area contributed by atoms with E-state index in [1.54, 1.807) is 19.4 Å². The van der Waals surface area contributed by atoms with Gasteiger partial charge >= 0.3 is 0 Å². The van der Waals surface area contributed by atoms with Crippen LogP contribution in [0.15, 0.2) is 60.8 Å². The Morgan fingerprint density at radius 2 is 2.04 bits per heavy atom. The number of anilines is 1. The third kappa shape index (κ3) is 4.19. The molecule has 5 heteroatoms. The number of methoxy groups -OCH3 is 1. The quantitative estimate of drug-likeness (QED) is 0.675. The summed E-state index contributed by atoms with van der Waals surface area (Å²) in [4.78, 5) is 16.5. The summed E-state index contributed by atoms with van der Waals surface area (Å²) in [5.41, 5.74) is 2.47. The zero-order valence-electron chi connectivity index (χ0n) is 14.7. The van der Waals surface area contributed by atoms with Gasteiger partial charge in [0, 0.05) is 23.3 Å². The van der Waals surface area contributed by atoms with Crippen LogP contribution in [-0.2, 0) is 4.79 Å². The summed E-state index contributed by atoms with van der Waals surface area (Å²) < 4.78 is 10.8. The fourth-order valence-corrected chi connectivity index (χ4v) is 2.57. The number of nitrogens with one attached hydrogen (secondary N) is 1. The lowest BCUT2D eigenvalue weighted by Gasteiger charge is -2.09. The van der Waals surface area contributed by atoms with Crippen molar-refractivity contribution in [1.29, 1.82) is 0 Å². The number of nitrogens with zero attached hydrogens (tertiary/aromatic N) is 1. The van der Waals surface area contributed by atoms with Crippen molar-refractivity contribution in [3.8, 4) is 11.5 Å². The molecule has 0 atom stereocenters. The number of rotatable bonds is 6. The van der Waals surface area contributed by atoms with Gasteiger partial charge in [0.1, 0.15) is 0 Å². The van der Waals surface area contributed by atoms with Crippen molar-refractivity contribution in [3.05, 3.63) is 66.4 Å². The molecular weight excluding hydrogens is 328 g/mol. The van der Waals surface area contributed by atoms with Gasteiger partial charge in [-0.05, 0) is 55.0 Å². The molecule has 0 saturated carbocycles. The maximum absolute atomic E-state index is 12.2. The zero-order valence-corrected chi connectivity index (χ0v) is 14.7. The Hall–Kier alpha value is -3.34. The van der Waals surface area contributed by atoms with Crippen molar-refractivity contribution in [2.24, 2.45) is 0 Å². The number of fused-ring (bicyclic) bond motifs is 1. The summed E-state index contributed by atoms with van der Waals surface area (Å²) in [5, 5.41) is 3.83. The highest BCUT2D eigenvalue weighted by Gasteiger charge is 2.05. The number of amides is 1. The molecule has 3 aromatic rings. The highest BCUT2D eigenvalue weighted by Crippen LogP contribution is 2.28. The molecule has 0 aliphatic heterocycles. The molecule has 3 rings (SSSR count). The molecule has 0 unspecified atom stereocenters. The van der Waals surface area contributed by atoms with Gasteiger partial charge in [-0.3, -0.25) is 9.78 Å². The van der Waals surface area contributed by atoms with Gasteiger partial charge in [-0.25, -0.2) is 0 Å². The van der Waals surface area contributed by atoms with Gasteiger partial charge in [-0.1, -0.05) is 12.1 Å². The topological polar surface area (TPSA) is 60.5 Å². The Morgan fingerprint density at radius 3 is 2.85 bits per heavy atom. The molecule has 1 aromatic heterocycles. The summed E-state index contributed by atoms with van der Waals surface area (Å²) in [6.45, 7) is 2.45. The van der Waals surface area contributed by atoms with Gasteiger partial charge < -0.3 is 14.8 Å². The lowest BCUT2D eigenvalue weighted by atomic mass is 10.1. The van der Waals surface area contributed by atoms with Gasteiger partial charge in [-0.2, -0.15) is 0 Å². The van der Waals surface area contributed by atoms with E-state index >= 15 is 0 Å². The average Bonchev–Trinajstić information content (AvgIpc) is 2.67. The lowest BCUT2D eigenvalue weighted by molar-refractivity contribution is -0.111. The normalized spacial score (nSPS) is 10.8. The smallest absolute Gasteiger partial charge is 0.248 e. The Bertz CT molecular complexity index is 951. The standard InChI is InChI=1S/C21H20N2O3/c1-3-26-20-13-15(6-10-19(20)25-2)7-11-21(24)23-17-8-9-18-16(14-17)5-4-12-22-18/h4-14H,3H2,1-2H3,(H,23,24)/b11-7+. The van der Waals surface area contributed by atoms with E-state index < -0.39 is 0 Å². The van der Waals surface area contributed by atoms with Crippen molar-refractivity contribution in [2.75, 3.05) is 19.0 Å². The number of ether oxygens (including phenoxy) is 2. The van der Waals surface area contributed by atoms with E-state index in [-0.39, 0.29) is 5.91 Å². The van der Waals surface area contributed by atoms with Crippen LogP contribution in [0.1, 0.15) is 12.5 Å². The summed E-state index contributed by atoms with van der Waals surface area (Å²) in [5.74, 6) is 1.11. The molecule has 0 fully saturated rings. The van der Waals surface area contributed by atoms with Gasteiger partial charge in [0.05, 0.1) is 19.2 Å². The summed E-state index contributed by atoms with van der Waals surface area (Å²) in [7, 11) is 1.60. The first-order valence-corrected chi connectivity index (χ1v) is 8.34. The molecule has 1 N–H and O–H groups in total. The molecule has 0 spiro atoms. The van der Waals surface area contributed by atoms with E-state index in [4.69, 9.17) is 9.47 Å². The minimum absolute atomic E-state index is 0.206. The van der Waals surface area contributed by atoms with Crippen molar-refractivity contribution in [1.82, 2.24) is 4.98 Å². The van der Waals surface area contributed by atoms with Crippen LogP contribution in [0.4, 0.5) is 5.69 Å². The van der Waals surface area contributed by atoms with E-state index in [1.165, 1.54) is 6.08 Å². The first-order valence-electron chi connectivity index (χ1n) is 8.34. The number of hydrogen-bond donors (Lipinski definition) is 1. The average molecular weight is 348 g/mol. The molecule has 0 aliphatic rings. The molecule has 26 heavy (non-hydrogen) atoms. The van der Waals surface area contributed by atoms with Crippen LogP contribution in [0.2, 0.25) is 0 Å². The SMILES string of the molecule is CCOc1cc(/C=C/C(=O)Nc2ccc3ncccc3c2)ccc1OC. The first-order chi connectivity index (χ1) is 12.7. The number of carbonyl (C=O) groups excluding carboxylic acids is 1. The predicted molar refractivity (Wildman–Crippen MR) is 104 cm³/mol. The van der Waals surface area contributed by atoms with Crippen molar-refractivity contribution in [3.63, 3.8) is 0 Å². The van der Waals surface area contributed by atoms with Crippen LogP contribution < -0.4 is 14.8 Å². The van der Waals surface area contributed by atoms with E-state index in [0.717, 1.165) is 22.2 Å². The molecule has 0 saturated heterocycles. The Labute approximate surface area is 152 Å². The second kappa shape index (κ2) is 8.16. The fourth-order valence-electron chi connectivity index (χ4n) is 2.57. The summed E-state index contributed by atoms with van der Waals surface area (Å²) in [6.07, 6.45) is 4.97. The third-order valence-corrected chi connectivity index (χ3v) is 3.79. The highest BCUT2D eigenvalue weighted by atomic mass is 16.5. The van der Waals surface area contributed by atoms with E-state index in [0.29, 0.717) is 18.1 Å². The van der Waals surface area contributed by atoms with Crippen molar-refractivity contribution in [2.45, 2.75) is 6.92 Å². The molecule has 132 valence electrons. The number of hydrogen-bond acceptors (Lipinski definition) is 4. The number of pyridine rings is 1. The molecule has 0 aliphatic carbocycles. The van der Waals surface area contributed by atoms with Crippen LogP contribution in [0.3, 0.4) is 0 Å². The van der Waals surface area contributed by atoms with Crippen LogP contribution in [-0.4, -0.2) is 24.6 Å². The molecule has 0 radical (unpaired) electrons.